The van der Waals surface area contributed by atoms with Gasteiger partial charge in [0.25, 0.3) is 5.56 Å². The van der Waals surface area contributed by atoms with E-state index < -0.39 is 35.5 Å². The number of cyclic esters (lactones) is 1. The summed E-state index contributed by atoms with van der Waals surface area (Å²) in [7, 11) is 0. The molecule has 0 aliphatic carbocycles. The number of carbonyl (C=O) groups is 2. The predicted molar refractivity (Wildman–Crippen MR) is 122 cm³/mol. The minimum absolute atomic E-state index is 0. The molecule has 190 valence electrons. The molecule has 4 rings (SSSR count). The first-order valence-electron chi connectivity index (χ1n) is 10.6. The number of aromatic nitrogens is 1. The number of rotatable bonds is 6. The Morgan fingerprint density at radius 3 is 2.51 bits per heavy atom. The molecule has 1 aromatic heterocycles. The molecule has 2 N–H and O–H groups in total. The van der Waals surface area contributed by atoms with Gasteiger partial charge in [0.05, 0.1) is 18.7 Å². The minimum Gasteiger partial charge on any atom is -0.650 e. The van der Waals surface area contributed by atoms with E-state index in [9.17, 15) is 32.3 Å². The monoisotopic (exact) mass is 528 g/mol. The number of aliphatic carboxylic acids is 1. The molecule has 1 aliphatic rings. The molecule has 0 spiro atoms. The third kappa shape index (κ3) is 7.34. The van der Waals surface area contributed by atoms with Crippen LogP contribution in [0.1, 0.15) is 18.9 Å². The van der Waals surface area contributed by atoms with Crippen LogP contribution in [-0.4, -0.2) is 47.9 Å². The second-order valence-corrected chi connectivity index (χ2v) is 7.59. The Bertz CT molecular complexity index is 1340. The van der Waals surface area contributed by atoms with Crippen molar-refractivity contribution in [3.8, 4) is 11.3 Å². The van der Waals surface area contributed by atoms with Gasteiger partial charge in [0, 0.05) is 28.8 Å². The number of alkyl halides is 3. The first kappa shape index (κ1) is 29.9. The first-order valence-corrected chi connectivity index (χ1v) is 10.6. The Kier molecular flexibility index (Phi) is 10.3. The number of hydrogen-bond acceptors (Lipinski definition) is 6. The molecule has 1 amide bonds. The van der Waals surface area contributed by atoms with Crippen molar-refractivity contribution in [2.75, 3.05) is 18.1 Å². The van der Waals surface area contributed by atoms with Crippen LogP contribution in [0.2, 0.25) is 0 Å². The van der Waals surface area contributed by atoms with Gasteiger partial charge in [-0.05, 0) is 29.7 Å². The number of carbonyl (C=O) groups excluding carboxylic acids is 2. The van der Waals surface area contributed by atoms with E-state index in [1.807, 2.05) is 0 Å². The number of benzene rings is 2. The van der Waals surface area contributed by atoms with E-state index in [0.717, 1.165) is 6.07 Å². The molecule has 0 bridgehead atoms. The van der Waals surface area contributed by atoms with Crippen LogP contribution in [0, 0.1) is 0 Å². The van der Waals surface area contributed by atoms with E-state index in [1.54, 1.807) is 13.0 Å². The molecule has 9 nitrogen and oxygen atoms in total. The van der Waals surface area contributed by atoms with Crippen LogP contribution in [0.25, 0.3) is 22.0 Å². The van der Waals surface area contributed by atoms with Gasteiger partial charge in [-0.3, -0.25) is 14.5 Å². The van der Waals surface area contributed by atoms with Crippen LogP contribution >= 0.6 is 0 Å². The quantitative estimate of drug-likeness (QED) is 0.363. The van der Waals surface area contributed by atoms with Crippen molar-refractivity contribution in [2.24, 2.45) is 0 Å². The number of ether oxygens (including phenoxy) is 2. The summed E-state index contributed by atoms with van der Waals surface area (Å²) in [5.41, 5.74) is -1.21. The van der Waals surface area contributed by atoms with Crippen molar-refractivity contribution in [3.63, 3.8) is 0 Å². The summed E-state index contributed by atoms with van der Waals surface area (Å²) >= 11 is 0. The van der Waals surface area contributed by atoms with E-state index in [0.29, 0.717) is 11.1 Å². The van der Waals surface area contributed by atoms with Crippen molar-refractivity contribution >= 4 is 35.0 Å². The Morgan fingerprint density at radius 2 is 1.89 bits per heavy atom. The zero-order valence-electron chi connectivity index (χ0n) is 19.8. The fraction of sp³-hybridized carbons (Fsp3) is 0.250. The fourth-order valence-electron chi connectivity index (χ4n) is 3.47. The number of halogens is 3. The Morgan fingerprint density at radius 1 is 1.22 bits per heavy atom. The molecule has 2 aromatic carbocycles. The van der Waals surface area contributed by atoms with Gasteiger partial charge in [0.15, 0.2) is 6.10 Å². The molecule has 1 atom stereocenters. The zero-order chi connectivity index (χ0) is 26.5. The molecule has 3 aromatic rings. The fourth-order valence-corrected chi connectivity index (χ4v) is 3.47. The molecule has 1 unspecified atom stereocenters. The van der Waals surface area contributed by atoms with Crippen LogP contribution in [-0.2, 0) is 25.2 Å². The second-order valence-electron chi connectivity index (χ2n) is 7.59. The van der Waals surface area contributed by atoms with Crippen molar-refractivity contribution in [1.82, 2.24) is 4.98 Å². The number of nitrogens with zero attached hydrogens (tertiary/aromatic N) is 1. The van der Waals surface area contributed by atoms with Crippen molar-refractivity contribution < 1.29 is 71.7 Å². The summed E-state index contributed by atoms with van der Waals surface area (Å²) in [6, 6.07) is 11.0. The van der Waals surface area contributed by atoms with E-state index in [2.05, 4.69) is 9.72 Å². The third-order valence-electron chi connectivity index (χ3n) is 5.17. The van der Waals surface area contributed by atoms with E-state index in [-0.39, 0.29) is 65.8 Å². The molecular formula is C24H20F3N2NaO7. The van der Waals surface area contributed by atoms with Gasteiger partial charge >= 0.3 is 47.8 Å². The summed E-state index contributed by atoms with van der Waals surface area (Å²) in [6.07, 6.45) is -5.71. The number of carboxylic acids is 1. The Hall–Kier alpha value is -3.35. The maximum atomic E-state index is 13.3. The summed E-state index contributed by atoms with van der Waals surface area (Å²) in [5.74, 6) is -0.745. The van der Waals surface area contributed by atoms with Crippen LogP contribution in [0.4, 0.5) is 23.7 Å². The number of amides is 1. The number of H-pyrrole nitrogens is 1. The molecule has 2 heterocycles. The molecule has 0 saturated carbocycles. The molecule has 13 heteroatoms. The number of anilines is 1. The van der Waals surface area contributed by atoms with E-state index in [1.165, 1.54) is 47.8 Å². The summed E-state index contributed by atoms with van der Waals surface area (Å²) in [5, 5.41) is 8.32. The zero-order valence-corrected chi connectivity index (χ0v) is 21.8. The largest absolute Gasteiger partial charge is 1.00 e. The topological polar surface area (TPSA) is 126 Å². The Labute approximate surface area is 230 Å². The third-order valence-corrected chi connectivity index (χ3v) is 5.17. The van der Waals surface area contributed by atoms with Crippen LogP contribution in [0.3, 0.4) is 0 Å². The van der Waals surface area contributed by atoms with Crippen molar-refractivity contribution in [1.29, 1.82) is 0 Å². The second kappa shape index (κ2) is 12.7. The van der Waals surface area contributed by atoms with Gasteiger partial charge in [-0.1, -0.05) is 37.7 Å². The molecular weight excluding hydrogens is 508 g/mol. The number of pyridine rings is 1. The number of hydrogen-bond donors (Lipinski definition) is 2. The maximum Gasteiger partial charge on any atom is 1.00 e. The smallest absolute Gasteiger partial charge is 0.650 e. The number of carboxylic acid groups (broad SMARTS) is 1. The standard InChI is InChI=1S/C21H14F3N2O5.C3H6O2.Na/c22-21(23,24)17-4-2-1-3-15(17)18-7-12-5-6-13(8-16(12)19(28)25-18)26-9-14(10-30-11-27)31-20(26)29;1-2-3(4)5;/h1-8,14H,9-10H2,(H,25,28);2H2,1H3,(H,4,5);/q-1;;+1. The van der Waals surface area contributed by atoms with Gasteiger partial charge in [0.1, 0.15) is 0 Å². The summed E-state index contributed by atoms with van der Waals surface area (Å²) in [6.45, 7) is 2.80. The SMILES string of the molecule is CCC(=O)O.O=[C-]OCC1CN(c2ccc3cc(-c4ccccc4C(F)(F)F)[nH]c(=O)c3c2)C(=O)O1.[Na+]. The number of nitrogens with one attached hydrogen (secondary N) is 1. The van der Waals surface area contributed by atoms with Crippen molar-refractivity contribution in [2.45, 2.75) is 25.6 Å². The maximum absolute atomic E-state index is 13.3. The molecule has 1 saturated heterocycles. The number of fused-ring (bicyclic) bond motifs is 1. The van der Waals surface area contributed by atoms with Crippen LogP contribution in [0.5, 0.6) is 0 Å². The van der Waals surface area contributed by atoms with Gasteiger partial charge in [-0.15, -0.1) is 0 Å². The predicted octanol–water partition coefficient (Wildman–Crippen LogP) is 1.11. The number of aromatic amines is 1. The van der Waals surface area contributed by atoms with Crippen LogP contribution in [0.15, 0.2) is 53.3 Å². The summed E-state index contributed by atoms with van der Waals surface area (Å²) in [4.78, 5) is 48.1. The molecule has 0 radical (unpaired) electrons. The molecule has 37 heavy (non-hydrogen) atoms. The van der Waals surface area contributed by atoms with E-state index >= 15 is 0 Å². The van der Waals surface area contributed by atoms with Gasteiger partial charge in [0.2, 0.25) is 0 Å². The van der Waals surface area contributed by atoms with Gasteiger partial charge in [-0.25, -0.2) is 4.79 Å². The van der Waals surface area contributed by atoms with Crippen molar-refractivity contribution in [3.05, 3.63) is 64.4 Å². The van der Waals surface area contributed by atoms with E-state index in [4.69, 9.17) is 9.84 Å². The molecule has 1 fully saturated rings. The average Bonchev–Trinajstić information content (AvgIpc) is 3.22. The minimum atomic E-state index is -4.58. The van der Waals surface area contributed by atoms with Crippen LogP contribution < -0.4 is 40.0 Å². The Balaban J connectivity index is 0.000000734. The first-order chi connectivity index (χ1) is 17.0. The normalized spacial score (nSPS) is 14.8. The molecule has 1 aliphatic heterocycles. The van der Waals surface area contributed by atoms with Gasteiger partial charge in [-0.2, -0.15) is 13.2 Å². The summed E-state index contributed by atoms with van der Waals surface area (Å²) < 4.78 is 49.6. The van der Waals surface area contributed by atoms with Gasteiger partial charge < -0.3 is 24.4 Å². The average molecular weight is 528 g/mol.